The molecule has 32 heavy (non-hydrogen) atoms. The van der Waals surface area contributed by atoms with Gasteiger partial charge in [-0.3, -0.25) is 0 Å². The standard InChI is InChI=1S/C24H32FN3O3S/c1-17(26-32(31)24(2,3)4)19-10-8-18(9-11-19)16-20-6-5-7-21(22(20)25)27-12-14-28(15-13-27)23(29)30/h5-11,17,26H,12-16H2,1-4H3,(H,29,30)/t17-,32-/m0/s1. The number of hydrogen-bond acceptors (Lipinski definition) is 4. The maximum Gasteiger partial charge on any atom is 0.407 e. The second-order valence-electron chi connectivity index (χ2n) is 9.15. The van der Waals surface area contributed by atoms with Gasteiger partial charge in [-0.1, -0.05) is 36.4 Å². The highest BCUT2D eigenvalue weighted by Gasteiger charge is 2.28. The van der Waals surface area contributed by atoms with E-state index in [2.05, 4.69) is 4.72 Å². The molecule has 1 fully saturated rings. The number of carboxylic acid groups (broad SMARTS) is 1. The topological polar surface area (TPSA) is 78.9 Å². The van der Waals surface area contributed by atoms with Crippen molar-refractivity contribution in [3.63, 3.8) is 0 Å². The number of nitrogens with one attached hydrogen (secondary N) is 1. The Labute approximate surface area is 192 Å². The molecule has 2 N–H and O–H groups in total. The van der Waals surface area contributed by atoms with Crippen molar-refractivity contribution < 1.29 is 18.8 Å². The molecule has 6 nitrogen and oxygen atoms in total. The van der Waals surface area contributed by atoms with Crippen molar-refractivity contribution in [1.29, 1.82) is 0 Å². The highest BCUT2D eigenvalue weighted by atomic mass is 32.2. The fourth-order valence-electron chi connectivity index (χ4n) is 3.64. The molecular weight excluding hydrogens is 429 g/mol. The summed E-state index contributed by atoms with van der Waals surface area (Å²) < 4.78 is 30.4. The van der Waals surface area contributed by atoms with Gasteiger partial charge < -0.3 is 19.5 Å². The van der Waals surface area contributed by atoms with Crippen LogP contribution in [0.2, 0.25) is 0 Å². The zero-order valence-electron chi connectivity index (χ0n) is 19.1. The van der Waals surface area contributed by atoms with Gasteiger partial charge in [-0.05, 0) is 50.5 Å². The first-order chi connectivity index (χ1) is 15.1. The highest BCUT2D eigenvalue weighted by molar-refractivity contribution is 7.90. The molecule has 0 saturated carbocycles. The summed E-state index contributed by atoms with van der Waals surface area (Å²) in [4.78, 5) is 14.4. The number of amides is 1. The lowest BCUT2D eigenvalue weighted by molar-refractivity contribution is 0.142. The fourth-order valence-corrected chi connectivity index (χ4v) is 4.45. The minimum Gasteiger partial charge on any atom is -0.598 e. The molecule has 2 atom stereocenters. The second-order valence-corrected chi connectivity index (χ2v) is 11.1. The van der Waals surface area contributed by atoms with Gasteiger partial charge >= 0.3 is 6.09 Å². The third-order valence-electron chi connectivity index (χ3n) is 5.66. The van der Waals surface area contributed by atoms with E-state index in [9.17, 15) is 9.35 Å². The quantitative estimate of drug-likeness (QED) is 0.626. The van der Waals surface area contributed by atoms with E-state index in [4.69, 9.17) is 5.11 Å². The lowest BCUT2D eigenvalue weighted by Gasteiger charge is -2.35. The monoisotopic (exact) mass is 461 g/mol. The first kappa shape index (κ1) is 24.4. The van der Waals surface area contributed by atoms with Crippen LogP contribution in [0.5, 0.6) is 0 Å². The lowest BCUT2D eigenvalue weighted by Crippen LogP contribution is -2.48. The number of hydrogen-bond donors (Lipinski definition) is 2. The second kappa shape index (κ2) is 10.1. The van der Waals surface area contributed by atoms with Gasteiger partial charge in [0, 0.05) is 44.0 Å². The molecular formula is C24H32FN3O3S. The predicted octanol–water partition coefficient (Wildman–Crippen LogP) is 4.33. The van der Waals surface area contributed by atoms with Crippen LogP contribution in [0.15, 0.2) is 42.5 Å². The molecule has 2 aromatic carbocycles. The Morgan fingerprint density at radius 3 is 2.34 bits per heavy atom. The van der Waals surface area contributed by atoms with E-state index in [1.807, 2.05) is 62.9 Å². The minimum absolute atomic E-state index is 0.0614. The largest absolute Gasteiger partial charge is 0.598 e. The summed E-state index contributed by atoms with van der Waals surface area (Å²) in [5, 5.41) is 9.10. The van der Waals surface area contributed by atoms with E-state index in [0.717, 1.165) is 11.1 Å². The van der Waals surface area contributed by atoms with Crippen LogP contribution in [0, 0.1) is 5.82 Å². The average Bonchev–Trinajstić information content (AvgIpc) is 2.75. The number of piperazine rings is 1. The Kier molecular flexibility index (Phi) is 7.69. The molecule has 0 aliphatic carbocycles. The van der Waals surface area contributed by atoms with Crippen molar-refractivity contribution in [3.05, 3.63) is 65.0 Å². The van der Waals surface area contributed by atoms with Crippen molar-refractivity contribution >= 4 is 23.1 Å². The van der Waals surface area contributed by atoms with Gasteiger partial charge in [-0.2, -0.15) is 0 Å². The first-order valence-electron chi connectivity index (χ1n) is 10.8. The van der Waals surface area contributed by atoms with Gasteiger partial charge in [0.1, 0.15) is 10.6 Å². The molecule has 1 heterocycles. The van der Waals surface area contributed by atoms with E-state index < -0.39 is 17.5 Å². The molecule has 8 heteroatoms. The van der Waals surface area contributed by atoms with Crippen LogP contribution < -0.4 is 9.62 Å². The third-order valence-corrected chi connectivity index (χ3v) is 7.34. The molecule has 1 amide bonds. The van der Waals surface area contributed by atoms with Gasteiger partial charge in [0.15, 0.2) is 0 Å². The van der Waals surface area contributed by atoms with E-state index in [1.54, 1.807) is 12.1 Å². The van der Waals surface area contributed by atoms with Gasteiger partial charge in [0.25, 0.3) is 0 Å². The maximum absolute atomic E-state index is 15.2. The Bertz CT molecular complexity index is 925. The zero-order chi connectivity index (χ0) is 23.5. The summed E-state index contributed by atoms with van der Waals surface area (Å²) >= 11 is -1.16. The van der Waals surface area contributed by atoms with E-state index in [0.29, 0.717) is 43.9 Å². The first-order valence-corrected chi connectivity index (χ1v) is 12.0. The van der Waals surface area contributed by atoms with Crippen molar-refractivity contribution in [2.24, 2.45) is 0 Å². The molecule has 1 aliphatic rings. The van der Waals surface area contributed by atoms with Crippen molar-refractivity contribution in [2.45, 2.75) is 44.9 Å². The summed E-state index contributed by atoms with van der Waals surface area (Å²) in [6.45, 7) is 9.46. The Hall–Kier alpha value is -2.29. The Morgan fingerprint density at radius 2 is 1.78 bits per heavy atom. The zero-order valence-corrected chi connectivity index (χ0v) is 19.9. The summed E-state index contributed by atoms with van der Waals surface area (Å²) in [6, 6.07) is 13.3. The number of rotatable bonds is 6. The predicted molar refractivity (Wildman–Crippen MR) is 127 cm³/mol. The van der Waals surface area contributed by atoms with Crippen LogP contribution in [0.4, 0.5) is 14.9 Å². The van der Waals surface area contributed by atoms with Crippen molar-refractivity contribution in [3.8, 4) is 0 Å². The van der Waals surface area contributed by atoms with Gasteiger partial charge in [-0.25, -0.2) is 9.18 Å². The SMILES string of the molecule is C[C@H](N[S@@+]([O-])C(C)(C)C)c1ccc(Cc2cccc(N3CCN(C(=O)O)CC3)c2F)cc1. The van der Waals surface area contributed by atoms with Crippen LogP contribution in [-0.4, -0.2) is 51.6 Å². The van der Waals surface area contributed by atoms with Gasteiger partial charge in [-0.15, -0.1) is 4.72 Å². The number of carbonyl (C=O) groups is 1. The molecule has 0 unspecified atom stereocenters. The van der Waals surface area contributed by atoms with Crippen molar-refractivity contribution in [1.82, 2.24) is 9.62 Å². The highest BCUT2D eigenvalue weighted by Crippen LogP contribution is 2.26. The number of nitrogens with zero attached hydrogens (tertiary/aromatic N) is 2. The van der Waals surface area contributed by atoms with Crippen LogP contribution in [-0.2, 0) is 17.8 Å². The molecule has 0 bridgehead atoms. The normalized spacial score (nSPS) is 16.7. The molecule has 1 saturated heterocycles. The average molecular weight is 462 g/mol. The molecule has 174 valence electrons. The fraction of sp³-hybridized carbons (Fsp3) is 0.458. The van der Waals surface area contributed by atoms with Crippen LogP contribution in [0.3, 0.4) is 0 Å². The third kappa shape index (κ3) is 5.94. The maximum atomic E-state index is 15.2. The van der Waals surface area contributed by atoms with Gasteiger partial charge in [0.05, 0.1) is 11.7 Å². The smallest absolute Gasteiger partial charge is 0.407 e. The van der Waals surface area contributed by atoms with Crippen LogP contribution in [0.25, 0.3) is 0 Å². The summed E-state index contributed by atoms with van der Waals surface area (Å²) in [6.07, 6.45) is -0.471. The molecule has 1 aliphatic heterocycles. The summed E-state index contributed by atoms with van der Waals surface area (Å²) in [7, 11) is 0. The molecule has 0 aromatic heterocycles. The Balaban J connectivity index is 1.66. The number of benzene rings is 2. The molecule has 0 spiro atoms. The molecule has 2 aromatic rings. The van der Waals surface area contributed by atoms with Crippen molar-refractivity contribution in [2.75, 3.05) is 31.1 Å². The van der Waals surface area contributed by atoms with Crippen LogP contribution >= 0.6 is 0 Å². The van der Waals surface area contributed by atoms with Crippen LogP contribution in [0.1, 0.15) is 50.4 Å². The molecule has 0 radical (unpaired) electrons. The van der Waals surface area contributed by atoms with E-state index in [-0.39, 0.29) is 16.6 Å². The Morgan fingerprint density at radius 1 is 1.16 bits per heavy atom. The van der Waals surface area contributed by atoms with E-state index in [1.165, 1.54) is 4.90 Å². The number of anilines is 1. The van der Waals surface area contributed by atoms with Gasteiger partial charge in [0.2, 0.25) is 0 Å². The molecule has 3 rings (SSSR count). The lowest BCUT2D eigenvalue weighted by atomic mass is 10.0. The van der Waals surface area contributed by atoms with E-state index >= 15 is 4.39 Å². The minimum atomic E-state index is -1.16. The summed E-state index contributed by atoms with van der Waals surface area (Å²) in [5.41, 5.74) is 3.14. The number of halogens is 1. The summed E-state index contributed by atoms with van der Waals surface area (Å²) in [5.74, 6) is -0.254.